The monoisotopic (exact) mass is 321 g/mol. The van der Waals surface area contributed by atoms with Crippen molar-refractivity contribution in [1.29, 1.82) is 0 Å². The Balaban J connectivity index is 3.13. The molecule has 0 saturated heterocycles. The molecule has 0 aliphatic rings. The van der Waals surface area contributed by atoms with E-state index >= 15 is 0 Å². The van der Waals surface area contributed by atoms with Crippen molar-refractivity contribution in [3.63, 3.8) is 0 Å². The number of pyridine rings is 1. The van der Waals surface area contributed by atoms with E-state index in [-0.39, 0.29) is 5.56 Å². The van der Waals surface area contributed by atoms with E-state index in [1.54, 1.807) is 22.6 Å². The number of hydrogen-bond acceptors (Lipinski definition) is 2. The van der Waals surface area contributed by atoms with E-state index in [9.17, 15) is 17.6 Å². The summed E-state index contributed by atoms with van der Waals surface area (Å²) in [5.74, 6) is -2.13. The molecule has 0 spiro atoms. The Kier molecular flexibility index (Phi) is 3.17. The molecule has 0 aromatic carbocycles. The van der Waals surface area contributed by atoms with Crippen LogP contribution in [0.1, 0.15) is 5.56 Å². The molecule has 0 N–H and O–H groups in total. The highest BCUT2D eigenvalue weighted by Crippen LogP contribution is 2.29. The molecule has 0 bridgehead atoms. The number of nitrogens with zero attached hydrogens (tertiary/aromatic N) is 1. The third-order valence-electron chi connectivity index (χ3n) is 1.40. The van der Waals surface area contributed by atoms with Crippen LogP contribution in [0.15, 0.2) is 6.20 Å². The highest BCUT2D eigenvalue weighted by atomic mass is 127. The molecule has 78 valence electrons. The molecule has 14 heavy (non-hydrogen) atoms. The van der Waals surface area contributed by atoms with Gasteiger partial charge in [-0.25, -0.2) is 4.98 Å². The Labute approximate surface area is 90.4 Å². The average molecular weight is 321 g/mol. The van der Waals surface area contributed by atoms with Gasteiger partial charge < -0.3 is 4.74 Å². The zero-order valence-electron chi connectivity index (χ0n) is 6.82. The zero-order chi connectivity index (χ0) is 10.9. The maximum absolute atomic E-state index is 12.8. The first-order valence-electron chi connectivity index (χ1n) is 3.37. The summed E-state index contributed by atoms with van der Waals surface area (Å²) in [5.41, 5.74) is 0.0791. The number of alkyl halides is 3. The molecule has 0 radical (unpaired) electrons. The topological polar surface area (TPSA) is 22.1 Å². The molecule has 0 atom stereocenters. The van der Waals surface area contributed by atoms with Crippen LogP contribution in [-0.2, 0) is 0 Å². The van der Waals surface area contributed by atoms with Gasteiger partial charge in [-0.2, -0.15) is 4.39 Å². The van der Waals surface area contributed by atoms with Gasteiger partial charge in [0.05, 0.1) is 0 Å². The number of rotatable bonds is 1. The molecule has 0 amide bonds. The molecule has 2 nitrogen and oxygen atoms in total. The molecule has 1 heterocycles. The van der Waals surface area contributed by atoms with Crippen LogP contribution in [0.5, 0.6) is 5.75 Å². The summed E-state index contributed by atoms with van der Waals surface area (Å²) in [4.78, 5) is 3.12. The summed E-state index contributed by atoms with van der Waals surface area (Å²) in [6, 6.07) is 0. The van der Waals surface area contributed by atoms with Gasteiger partial charge in [-0.05, 0) is 29.5 Å². The maximum Gasteiger partial charge on any atom is 0.573 e. The molecule has 1 rings (SSSR count). The molecule has 7 heteroatoms. The molecule has 0 aliphatic carbocycles. The van der Waals surface area contributed by atoms with Gasteiger partial charge in [0, 0.05) is 15.3 Å². The minimum absolute atomic E-state index is 0.0791. The third kappa shape index (κ3) is 2.69. The molecule has 0 unspecified atom stereocenters. The van der Waals surface area contributed by atoms with E-state index < -0.39 is 18.1 Å². The maximum atomic E-state index is 12.8. The van der Waals surface area contributed by atoms with E-state index in [0.717, 1.165) is 6.20 Å². The quantitative estimate of drug-likeness (QED) is 0.451. The fraction of sp³-hybridized carbons (Fsp3) is 0.286. The smallest absolute Gasteiger partial charge is 0.401 e. The van der Waals surface area contributed by atoms with Crippen molar-refractivity contribution in [2.24, 2.45) is 0 Å². The molecular formula is C7H4F4INO. The number of hydrogen-bond donors (Lipinski definition) is 0. The van der Waals surface area contributed by atoms with E-state index in [4.69, 9.17) is 0 Å². The fourth-order valence-electron chi connectivity index (χ4n) is 0.766. The van der Waals surface area contributed by atoms with Crippen molar-refractivity contribution < 1.29 is 22.3 Å². The first kappa shape index (κ1) is 11.5. The Hall–Kier alpha value is -0.600. The number of halogens is 5. The molecule has 0 saturated carbocycles. The SMILES string of the molecule is Cc1c(I)cnc(F)c1OC(F)(F)F. The zero-order valence-corrected chi connectivity index (χ0v) is 8.98. The largest absolute Gasteiger partial charge is 0.573 e. The lowest BCUT2D eigenvalue weighted by Gasteiger charge is -2.11. The average Bonchev–Trinajstić information content (AvgIpc) is 2.04. The highest BCUT2D eigenvalue weighted by molar-refractivity contribution is 14.1. The van der Waals surface area contributed by atoms with Crippen LogP contribution in [0.3, 0.4) is 0 Å². The molecule has 0 aliphatic heterocycles. The Morgan fingerprint density at radius 1 is 1.43 bits per heavy atom. The van der Waals surface area contributed by atoms with Crippen molar-refractivity contribution in [3.8, 4) is 5.75 Å². The number of aromatic nitrogens is 1. The van der Waals surface area contributed by atoms with Gasteiger partial charge in [-0.1, -0.05) is 0 Å². The first-order valence-corrected chi connectivity index (χ1v) is 4.45. The summed E-state index contributed by atoms with van der Waals surface area (Å²) in [5, 5.41) is 0. The van der Waals surface area contributed by atoms with Crippen LogP contribution < -0.4 is 4.74 Å². The minimum Gasteiger partial charge on any atom is -0.401 e. The summed E-state index contributed by atoms with van der Waals surface area (Å²) in [6.07, 6.45) is -3.77. The van der Waals surface area contributed by atoms with Gasteiger partial charge in [0.15, 0.2) is 5.75 Å². The lowest BCUT2D eigenvalue weighted by molar-refractivity contribution is -0.276. The van der Waals surface area contributed by atoms with Crippen LogP contribution in [0.2, 0.25) is 0 Å². The van der Waals surface area contributed by atoms with Crippen LogP contribution >= 0.6 is 22.6 Å². The Morgan fingerprint density at radius 2 is 2.00 bits per heavy atom. The second kappa shape index (κ2) is 3.87. The van der Waals surface area contributed by atoms with Gasteiger partial charge in [0.2, 0.25) is 0 Å². The van der Waals surface area contributed by atoms with E-state index in [1.165, 1.54) is 6.92 Å². The van der Waals surface area contributed by atoms with Crippen LogP contribution in [0, 0.1) is 16.4 Å². The second-order valence-electron chi connectivity index (χ2n) is 2.40. The van der Waals surface area contributed by atoms with Gasteiger partial charge in [0.25, 0.3) is 5.95 Å². The Bertz CT molecular complexity index is 352. The molecule has 0 fully saturated rings. The van der Waals surface area contributed by atoms with Crippen LogP contribution in [0.25, 0.3) is 0 Å². The van der Waals surface area contributed by atoms with E-state index in [1.807, 2.05) is 0 Å². The van der Waals surface area contributed by atoms with Crippen molar-refractivity contribution >= 4 is 22.6 Å². The van der Waals surface area contributed by atoms with Crippen LogP contribution in [0.4, 0.5) is 17.6 Å². The summed E-state index contributed by atoms with van der Waals surface area (Å²) in [7, 11) is 0. The summed E-state index contributed by atoms with van der Waals surface area (Å²) in [6.45, 7) is 1.33. The van der Waals surface area contributed by atoms with E-state index in [0.29, 0.717) is 3.57 Å². The van der Waals surface area contributed by atoms with Gasteiger partial charge in [-0.3, -0.25) is 0 Å². The lowest BCUT2D eigenvalue weighted by atomic mass is 10.3. The lowest BCUT2D eigenvalue weighted by Crippen LogP contribution is -2.19. The summed E-state index contributed by atoms with van der Waals surface area (Å²) < 4.78 is 52.2. The number of ether oxygens (including phenoxy) is 1. The molecule has 1 aromatic rings. The third-order valence-corrected chi connectivity index (χ3v) is 2.48. The van der Waals surface area contributed by atoms with Gasteiger partial charge in [-0.15, -0.1) is 13.2 Å². The van der Waals surface area contributed by atoms with Crippen molar-refractivity contribution in [1.82, 2.24) is 4.98 Å². The normalized spacial score (nSPS) is 11.6. The standard InChI is InChI=1S/C7H4F4INO/c1-3-4(12)2-13-6(8)5(3)14-7(9,10)11/h2H,1H3. The Morgan fingerprint density at radius 3 is 2.50 bits per heavy atom. The highest BCUT2D eigenvalue weighted by Gasteiger charge is 2.33. The van der Waals surface area contributed by atoms with Gasteiger partial charge >= 0.3 is 6.36 Å². The van der Waals surface area contributed by atoms with Gasteiger partial charge in [0.1, 0.15) is 0 Å². The minimum atomic E-state index is -4.91. The predicted molar refractivity (Wildman–Crippen MR) is 48.3 cm³/mol. The molecular weight excluding hydrogens is 317 g/mol. The summed E-state index contributed by atoms with van der Waals surface area (Å²) >= 11 is 1.74. The predicted octanol–water partition coefficient (Wildman–Crippen LogP) is 3.03. The molecule has 1 aromatic heterocycles. The van der Waals surface area contributed by atoms with Crippen LogP contribution in [-0.4, -0.2) is 11.3 Å². The van der Waals surface area contributed by atoms with E-state index in [2.05, 4.69) is 9.72 Å². The van der Waals surface area contributed by atoms with Crippen molar-refractivity contribution in [2.45, 2.75) is 13.3 Å². The second-order valence-corrected chi connectivity index (χ2v) is 3.56. The van der Waals surface area contributed by atoms with Crippen molar-refractivity contribution in [3.05, 3.63) is 21.3 Å². The fourth-order valence-corrected chi connectivity index (χ4v) is 1.15. The van der Waals surface area contributed by atoms with Crippen molar-refractivity contribution in [2.75, 3.05) is 0 Å². The first-order chi connectivity index (χ1) is 6.31.